The number of furan rings is 3. The van der Waals surface area contributed by atoms with Crippen molar-refractivity contribution in [1.82, 2.24) is 0 Å². The lowest BCUT2D eigenvalue weighted by Gasteiger charge is -2.17. The lowest BCUT2D eigenvalue weighted by molar-refractivity contribution is 0.634. The first kappa shape index (κ1) is 32.2. The molecule has 13 rings (SSSR count). The van der Waals surface area contributed by atoms with Crippen molar-refractivity contribution < 1.29 is 13.3 Å². The van der Waals surface area contributed by atoms with Crippen LogP contribution < -0.4 is 0 Å². The first-order valence-electron chi connectivity index (χ1n) is 20.1. The third kappa shape index (κ3) is 4.70. The number of benzene rings is 10. The molecule has 0 amide bonds. The van der Waals surface area contributed by atoms with Crippen LogP contribution in [0.2, 0.25) is 0 Å². The second kappa shape index (κ2) is 12.3. The molecule has 0 N–H and O–H groups in total. The third-order valence-electron chi connectivity index (χ3n) is 12.3. The zero-order valence-electron chi connectivity index (χ0n) is 31.7. The highest BCUT2D eigenvalue weighted by molar-refractivity contribution is 6.25. The molecule has 0 aliphatic heterocycles. The summed E-state index contributed by atoms with van der Waals surface area (Å²) < 4.78 is 20.2. The van der Waals surface area contributed by atoms with Crippen LogP contribution in [-0.2, 0) is 0 Å². The molecule has 0 fully saturated rings. The van der Waals surface area contributed by atoms with E-state index in [1.807, 2.05) is 6.07 Å². The molecule has 0 saturated heterocycles. The summed E-state index contributed by atoms with van der Waals surface area (Å²) in [4.78, 5) is 0. The van der Waals surface area contributed by atoms with Crippen molar-refractivity contribution in [2.45, 2.75) is 0 Å². The summed E-state index contributed by atoms with van der Waals surface area (Å²) in [6.07, 6.45) is 0. The van der Waals surface area contributed by atoms with Gasteiger partial charge in [0.05, 0.1) is 5.39 Å². The van der Waals surface area contributed by atoms with Crippen LogP contribution in [0.25, 0.3) is 132 Å². The van der Waals surface area contributed by atoms with E-state index in [1.54, 1.807) is 0 Å². The molecule has 0 aliphatic rings. The maximum atomic E-state index is 6.90. The van der Waals surface area contributed by atoms with Gasteiger partial charge in [0.2, 0.25) is 0 Å². The van der Waals surface area contributed by atoms with E-state index in [9.17, 15) is 0 Å². The molecule has 0 atom stereocenters. The molecule has 0 spiro atoms. The van der Waals surface area contributed by atoms with Crippen molar-refractivity contribution in [3.8, 4) is 44.7 Å². The van der Waals surface area contributed by atoms with Crippen LogP contribution in [-0.4, -0.2) is 0 Å². The van der Waals surface area contributed by atoms with E-state index in [4.69, 9.17) is 13.3 Å². The van der Waals surface area contributed by atoms with E-state index in [0.717, 1.165) is 88.4 Å². The topological polar surface area (TPSA) is 39.4 Å². The SMILES string of the molecule is c1ccc(-c2oc3c(ccc4oc5cc(-c6c7ccccc7c(-c7ccc8c(c7)oc7ccc9ccccc9c78)c7ccccc67)ccc5c43)c2-c2ccccc2)cc1. The van der Waals surface area contributed by atoms with Crippen LogP contribution in [0, 0.1) is 0 Å². The van der Waals surface area contributed by atoms with Gasteiger partial charge in [-0.25, -0.2) is 0 Å². The van der Waals surface area contributed by atoms with Crippen molar-refractivity contribution in [1.29, 1.82) is 0 Å². The maximum absolute atomic E-state index is 6.90. The Morgan fingerprint density at radius 2 is 0.729 bits per heavy atom. The molecule has 0 aliphatic carbocycles. The number of hydrogen-bond donors (Lipinski definition) is 0. The fourth-order valence-electron chi connectivity index (χ4n) is 9.71. The molecule has 0 unspecified atom stereocenters. The van der Waals surface area contributed by atoms with Crippen molar-refractivity contribution in [2.24, 2.45) is 0 Å². The summed E-state index contributed by atoms with van der Waals surface area (Å²) in [5.41, 5.74) is 12.1. The zero-order valence-corrected chi connectivity index (χ0v) is 31.7. The Morgan fingerprint density at radius 1 is 0.254 bits per heavy atom. The van der Waals surface area contributed by atoms with E-state index >= 15 is 0 Å². The van der Waals surface area contributed by atoms with Gasteiger partial charge in [0.25, 0.3) is 0 Å². The molecule has 3 nitrogen and oxygen atoms in total. The Bertz CT molecular complexity index is 3770. The van der Waals surface area contributed by atoms with Gasteiger partial charge in [-0.1, -0.05) is 152 Å². The molecule has 0 radical (unpaired) electrons. The number of hydrogen-bond acceptors (Lipinski definition) is 3. The Morgan fingerprint density at radius 3 is 1.34 bits per heavy atom. The van der Waals surface area contributed by atoms with Crippen molar-refractivity contribution >= 4 is 87.2 Å². The largest absolute Gasteiger partial charge is 0.456 e. The number of fused-ring (bicyclic) bond motifs is 12. The average Bonchev–Trinajstić information content (AvgIpc) is 3.99. The molecule has 3 aromatic heterocycles. The highest BCUT2D eigenvalue weighted by atomic mass is 16.3. The van der Waals surface area contributed by atoms with Gasteiger partial charge in [0.15, 0.2) is 0 Å². The smallest absolute Gasteiger partial charge is 0.147 e. The van der Waals surface area contributed by atoms with Gasteiger partial charge >= 0.3 is 0 Å². The van der Waals surface area contributed by atoms with Gasteiger partial charge < -0.3 is 13.3 Å². The van der Waals surface area contributed by atoms with E-state index in [1.165, 1.54) is 43.4 Å². The Hall–Kier alpha value is -7.88. The van der Waals surface area contributed by atoms with Gasteiger partial charge in [-0.15, -0.1) is 0 Å². The lowest BCUT2D eigenvalue weighted by atomic mass is 9.85. The van der Waals surface area contributed by atoms with E-state index in [-0.39, 0.29) is 0 Å². The van der Waals surface area contributed by atoms with E-state index < -0.39 is 0 Å². The van der Waals surface area contributed by atoms with Gasteiger partial charge in [0, 0.05) is 32.7 Å². The Balaban J connectivity index is 1.02. The van der Waals surface area contributed by atoms with Gasteiger partial charge in [-0.2, -0.15) is 0 Å². The quantitative estimate of drug-likeness (QED) is 0.168. The highest BCUT2D eigenvalue weighted by Gasteiger charge is 2.23. The van der Waals surface area contributed by atoms with Gasteiger partial charge in [-0.05, 0) is 103 Å². The maximum Gasteiger partial charge on any atom is 0.147 e. The van der Waals surface area contributed by atoms with Crippen molar-refractivity contribution in [3.63, 3.8) is 0 Å². The molecule has 10 aromatic carbocycles. The first-order valence-corrected chi connectivity index (χ1v) is 20.1. The van der Waals surface area contributed by atoms with E-state index in [2.05, 4.69) is 188 Å². The fraction of sp³-hybridized carbons (Fsp3) is 0. The van der Waals surface area contributed by atoms with Crippen LogP contribution in [0.3, 0.4) is 0 Å². The van der Waals surface area contributed by atoms with Gasteiger partial charge in [0.1, 0.15) is 33.7 Å². The monoisotopic (exact) mass is 752 g/mol. The lowest BCUT2D eigenvalue weighted by Crippen LogP contribution is -1.90. The van der Waals surface area contributed by atoms with Crippen LogP contribution in [0.4, 0.5) is 0 Å². The number of rotatable bonds is 4. The van der Waals surface area contributed by atoms with Crippen LogP contribution >= 0.6 is 0 Å². The summed E-state index contributed by atoms with van der Waals surface area (Å²) >= 11 is 0. The summed E-state index contributed by atoms with van der Waals surface area (Å²) in [6, 6.07) is 68.8. The molecule has 3 heterocycles. The summed E-state index contributed by atoms with van der Waals surface area (Å²) in [5, 5.41) is 12.5. The van der Waals surface area contributed by atoms with Crippen LogP contribution in [0.15, 0.2) is 207 Å². The summed E-state index contributed by atoms with van der Waals surface area (Å²) in [6.45, 7) is 0. The minimum atomic E-state index is 0.802. The average molecular weight is 753 g/mol. The molecule has 13 aromatic rings. The summed E-state index contributed by atoms with van der Waals surface area (Å²) in [7, 11) is 0. The zero-order chi connectivity index (χ0) is 38.6. The van der Waals surface area contributed by atoms with Crippen LogP contribution in [0.5, 0.6) is 0 Å². The van der Waals surface area contributed by atoms with Crippen LogP contribution in [0.1, 0.15) is 0 Å². The van der Waals surface area contributed by atoms with E-state index in [0.29, 0.717) is 0 Å². The minimum absolute atomic E-state index is 0.802. The van der Waals surface area contributed by atoms with Crippen molar-refractivity contribution in [2.75, 3.05) is 0 Å². The normalized spacial score (nSPS) is 12.1. The Kier molecular flexibility index (Phi) is 6.72. The predicted molar refractivity (Wildman–Crippen MR) is 245 cm³/mol. The third-order valence-corrected chi connectivity index (χ3v) is 12.3. The minimum Gasteiger partial charge on any atom is -0.456 e. The predicted octanol–water partition coefficient (Wildman–Crippen LogP) is 16.4. The van der Waals surface area contributed by atoms with Crippen molar-refractivity contribution in [3.05, 3.63) is 194 Å². The summed E-state index contributed by atoms with van der Waals surface area (Å²) in [5.74, 6) is 0.858. The highest BCUT2D eigenvalue weighted by Crippen LogP contribution is 2.48. The molecule has 0 bridgehead atoms. The fourth-order valence-corrected chi connectivity index (χ4v) is 9.71. The first-order chi connectivity index (χ1) is 29.3. The molecular formula is C56H32O3. The second-order valence-electron chi connectivity index (χ2n) is 15.5. The molecular weight excluding hydrogens is 721 g/mol. The Labute approximate surface area is 337 Å². The molecule has 274 valence electrons. The molecule has 59 heavy (non-hydrogen) atoms. The second-order valence-corrected chi connectivity index (χ2v) is 15.5. The molecule has 0 saturated carbocycles. The van der Waals surface area contributed by atoms with Gasteiger partial charge in [-0.3, -0.25) is 0 Å². The molecule has 3 heteroatoms. The standard InChI is InChI=1S/C56H32O3/c1-3-14-34(15-4-1)52-45-28-30-47-54(56(45)59-55(52)35-16-5-2-6-17-35)44-27-24-37(32-49(44)58-47)51-41-21-11-9-19-39(41)50(40-20-10-12-22-42(40)51)36-23-26-43-48(31-36)57-46-29-25-33-13-7-8-18-38(33)53(43)46/h1-32H.